The van der Waals surface area contributed by atoms with Crippen LogP contribution in [-0.2, 0) is 4.79 Å². The Morgan fingerprint density at radius 3 is 2.28 bits per heavy atom. The molecule has 0 aromatic carbocycles. The van der Waals surface area contributed by atoms with Crippen molar-refractivity contribution in [1.29, 1.82) is 0 Å². The van der Waals surface area contributed by atoms with Gasteiger partial charge in [0.1, 0.15) is 0 Å². The lowest BCUT2D eigenvalue weighted by Gasteiger charge is -2.12. The van der Waals surface area contributed by atoms with Gasteiger partial charge in [-0.25, -0.2) is 4.79 Å². The highest BCUT2D eigenvalue weighted by Crippen LogP contribution is 2.19. The van der Waals surface area contributed by atoms with Gasteiger partial charge in [0.15, 0.2) is 0 Å². The molecule has 0 saturated heterocycles. The van der Waals surface area contributed by atoms with Gasteiger partial charge in [0, 0.05) is 5.57 Å². The highest BCUT2D eigenvalue weighted by Gasteiger charge is 2.06. The zero-order chi connectivity index (χ0) is 13.8. The molecule has 0 aromatic heterocycles. The van der Waals surface area contributed by atoms with E-state index in [-0.39, 0.29) is 0 Å². The first-order chi connectivity index (χ1) is 8.61. The monoisotopic (exact) mass is 254 g/mol. The quantitative estimate of drug-likeness (QED) is 0.407. The molecule has 0 amide bonds. The van der Waals surface area contributed by atoms with Crippen molar-refractivity contribution in [2.75, 3.05) is 0 Å². The molecular formula is C16H30O2. The lowest BCUT2D eigenvalue weighted by molar-refractivity contribution is -0.132. The van der Waals surface area contributed by atoms with E-state index in [4.69, 9.17) is 5.11 Å². The molecule has 0 bridgehead atoms. The van der Waals surface area contributed by atoms with E-state index in [0.29, 0.717) is 11.5 Å². The predicted molar refractivity (Wildman–Crippen MR) is 77.8 cm³/mol. The van der Waals surface area contributed by atoms with Crippen LogP contribution in [0.4, 0.5) is 0 Å². The molecule has 0 fully saturated rings. The van der Waals surface area contributed by atoms with Crippen molar-refractivity contribution in [3.05, 3.63) is 11.6 Å². The van der Waals surface area contributed by atoms with Crippen molar-refractivity contribution in [3.8, 4) is 0 Å². The second-order valence-electron chi connectivity index (χ2n) is 5.26. The van der Waals surface area contributed by atoms with Gasteiger partial charge in [-0.05, 0) is 19.3 Å². The number of hydrogen-bond acceptors (Lipinski definition) is 1. The molecule has 0 heterocycles. The van der Waals surface area contributed by atoms with Gasteiger partial charge in [0.2, 0.25) is 0 Å². The number of hydrogen-bond donors (Lipinski definition) is 1. The third-order valence-corrected chi connectivity index (χ3v) is 3.64. The van der Waals surface area contributed by atoms with Gasteiger partial charge in [-0.15, -0.1) is 0 Å². The Balaban J connectivity index is 3.71. The lowest BCUT2D eigenvalue weighted by atomic mass is 9.94. The van der Waals surface area contributed by atoms with Crippen molar-refractivity contribution in [2.45, 2.75) is 78.6 Å². The first-order valence-electron chi connectivity index (χ1n) is 7.51. The molecule has 0 aromatic rings. The van der Waals surface area contributed by atoms with E-state index in [1.165, 1.54) is 44.9 Å². The molecule has 0 rings (SSSR count). The minimum absolute atomic E-state index is 0.483. The second kappa shape index (κ2) is 11.3. The van der Waals surface area contributed by atoms with Crippen LogP contribution in [0.3, 0.4) is 0 Å². The average molecular weight is 254 g/mol. The zero-order valence-electron chi connectivity index (χ0n) is 12.4. The van der Waals surface area contributed by atoms with Crippen LogP contribution < -0.4 is 0 Å². The molecule has 2 nitrogen and oxygen atoms in total. The highest BCUT2D eigenvalue weighted by atomic mass is 16.4. The third-order valence-electron chi connectivity index (χ3n) is 3.64. The topological polar surface area (TPSA) is 37.3 Å². The number of carboxylic acids is 1. The number of unbranched alkanes of at least 4 members (excludes halogenated alkanes) is 5. The summed E-state index contributed by atoms with van der Waals surface area (Å²) in [4.78, 5) is 10.7. The molecular weight excluding hydrogens is 224 g/mol. The van der Waals surface area contributed by atoms with Gasteiger partial charge in [0.25, 0.3) is 0 Å². The molecule has 1 N–H and O–H groups in total. The van der Waals surface area contributed by atoms with Crippen molar-refractivity contribution < 1.29 is 9.90 Å². The van der Waals surface area contributed by atoms with Gasteiger partial charge >= 0.3 is 5.97 Å². The molecule has 1 unspecified atom stereocenters. The normalized spacial score (nSPS) is 13.6. The molecule has 0 spiro atoms. The first-order valence-corrected chi connectivity index (χ1v) is 7.51. The minimum atomic E-state index is -0.788. The third kappa shape index (κ3) is 9.26. The molecule has 0 radical (unpaired) electrons. The Kier molecular flexibility index (Phi) is 10.8. The van der Waals surface area contributed by atoms with Crippen LogP contribution in [-0.4, -0.2) is 11.1 Å². The van der Waals surface area contributed by atoms with Crippen LogP contribution in [0, 0.1) is 5.92 Å². The van der Waals surface area contributed by atoms with Crippen LogP contribution in [0.1, 0.15) is 78.6 Å². The maximum atomic E-state index is 10.7. The summed E-state index contributed by atoms with van der Waals surface area (Å²) < 4.78 is 0. The Morgan fingerprint density at radius 1 is 1.11 bits per heavy atom. The summed E-state index contributed by atoms with van der Waals surface area (Å²) >= 11 is 0. The van der Waals surface area contributed by atoms with Crippen LogP contribution in [0.2, 0.25) is 0 Å². The van der Waals surface area contributed by atoms with E-state index in [9.17, 15) is 4.79 Å². The highest BCUT2D eigenvalue weighted by molar-refractivity contribution is 5.85. The Hall–Kier alpha value is -0.790. The summed E-state index contributed by atoms with van der Waals surface area (Å²) in [5.74, 6) is -0.130. The van der Waals surface area contributed by atoms with Crippen molar-refractivity contribution in [3.63, 3.8) is 0 Å². The van der Waals surface area contributed by atoms with E-state index >= 15 is 0 Å². The summed E-state index contributed by atoms with van der Waals surface area (Å²) in [6.45, 7) is 6.12. The molecule has 0 saturated carbocycles. The fourth-order valence-electron chi connectivity index (χ4n) is 2.13. The van der Waals surface area contributed by atoms with Crippen LogP contribution >= 0.6 is 0 Å². The molecule has 0 aliphatic rings. The first kappa shape index (κ1) is 17.2. The maximum Gasteiger partial charge on any atom is 0.330 e. The van der Waals surface area contributed by atoms with Gasteiger partial charge in [-0.1, -0.05) is 71.3 Å². The zero-order valence-corrected chi connectivity index (χ0v) is 12.4. The van der Waals surface area contributed by atoms with E-state index in [1.54, 1.807) is 6.92 Å². The van der Waals surface area contributed by atoms with Crippen molar-refractivity contribution in [1.82, 2.24) is 0 Å². The molecule has 106 valence electrons. The standard InChI is InChI=1S/C16H30O2/c1-4-6-7-8-9-10-11-15(5-2)13-12-14(3)16(17)18/h12,15H,4-11,13H2,1-3H3,(H,17,18). The Labute approximate surface area is 112 Å². The fourth-order valence-corrected chi connectivity index (χ4v) is 2.13. The van der Waals surface area contributed by atoms with E-state index < -0.39 is 5.97 Å². The summed E-state index contributed by atoms with van der Waals surface area (Å²) in [5.41, 5.74) is 0.483. The number of carbonyl (C=O) groups is 1. The van der Waals surface area contributed by atoms with Gasteiger partial charge in [-0.2, -0.15) is 0 Å². The largest absolute Gasteiger partial charge is 0.478 e. The molecule has 2 heteroatoms. The molecule has 0 aliphatic heterocycles. The van der Waals surface area contributed by atoms with Gasteiger partial charge < -0.3 is 5.11 Å². The van der Waals surface area contributed by atoms with E-state index in [2.05, 4.69) is 13.8 Å². The molecule has 1 atom stereocenters. The molecule has 0 aliphatic carbocycles. The average Bonchev–Trinajstić information content (AvgIpc) is 2.36. The maximum absolute atomic E-state index is 10.7. The van der Waals surface area contributed by atoms with Crippen molar-refractivity contribution >= 4 is 5.97 Å². The summed E-state index contributed by atoms with van der Waals surface area (Å²) in [5, 5.41) is 8.80. The summed E-state index contributed by atoms with van der Waals surface area (Å²) in [6, 6.07) is 0. The number of allylic oxidation sites excluding steroid dienone is 1. The Bertz CT molecular complexity index is 243. The predicted octanol–water partition coefficient (Wildman–Crippen LogP) is 5.18. The smallest absolute Gasteiger partial charge is 0.330 e. The van der Waals surface area contributed by atoms with Crippen LogP contribution in [0.15, 0.2) is 11.6 Å². The second-order valence-corrected chi connectivity index (χ2v) is 5.26. The SMILES string of the molecule is CCCCCCCCC(CC)CC=C(C)C(=O)O. The van der Waals surface area contributed by atoms with E-state index in [0.717, 1.165) is 12.8 Å². The Morgan fingerprint density at radius 2 is 1.72 bits per heavy atom. The molecule has 18 heavy (non-hydrogen) atoms. The fraction of sp³-hybridized carbons (Fsp3) is 0.812. The van der Waals surface area contributed by atoms with E-state index in [1.807, 2.05) is 6.08 Å². The summed E-state index contributed by atoms with van der Waals surface area (Å²) in [6.07, 6.45) is 13.2. The summed E-state index contributed by atoms with van der Waals surface area (Å²) in [7, 11) is 0. The number of aliphatic carboxylic acids is 1. The number of rotatable bonds is 11. The van der Waals surface area contributed by atoms with Crippen LogP contribution in [0.5, 0.6) is 0 Å². The van der Waals surface area contributed by atoms with Crippen LogP contribution in [0.25, 0.3) is 0 Å². The minimum Gasteiger partial charge on any atom is -0.478 e. The van der Waals surface area contributed by atoms with Crippen molar-refractivity contribution in [2.24, 2.45) is 5.92 Å². The van der Waals surface area contributed by atoms with Gasteiger partial charge in [0.05, 0.1) is 0 Å². The number of carboxylic acid groups (broad SMARTS) is 1. The lowest BCUT2D eigenvalue weighted by Crippen LogP contribution is -2.01. The van der Waals surface area contributed by atoms with Gasteiger partial charge in [-0.3, -0.25) is 0 Å².